The summed E-state index contributed by atoms with van der Waals surface area (Å²) in [7, 11) is 0. The molecule has 0 unspecified atom stereocenters. The molecule has 2 N–H and O–H groups in total. The SMILES string of the molecule is CCc1c(C)nc(-c2ccc(C)cc2Br)nc1N. The normalized spacial score (nSPS) is 10.7. The standard InChI is InChI=1S/C14H16BrN3/c1-4-10-9(3)17-14(18-13(10)16)11-6-5-8(2)7-12(11)15/h5-7H,4H2,1-3H3,(H2,16,17,18). The molecule has 0 atom stereocenters. The van der Waals surface area contributed by atoms with Crippen molar-refractivity contribution in [2.45, 2.75) is 27.2 Å². The Bertz CT molecular complexity index is 571. The number of aromatic nitrogens is 2. The number of rotatable bonds is 2. The monoisotopic (exact) mass is 305 g/mol. The Labute approximate surface area is 116 Å². The van der Waals surface area contributed by atoms with Gasteiger partial charge in [0.1, 0.15) is 5.82 Å². The van der Waals surface area contributed by atoms with Crippen molar-refractivity contribution in [2.24, 2.45) is 0 Å². The summed E-state index contributed by atoms with van der Waals surface area (Å²) >= 11 is 3.55. The Kier molecular flexibility index (Phi) is 3.66. The molecule has 0 amide bonds. The molecule has 18 heavy (non-hydrogen) atoms. The molecule has 0 spiro atoms. The van der Waals surface area contributed by atoms with Gasteiger partial charge in [-0.05, 0) is 38.0 Å². The lowest BCUT2D eigenvalue weighted by atomic mass is 10.1. The molecule has 0 aliphatic heterocycles. The summed E-state index contributed by atoms with van der Waals surface area (Å²) in [5, 5.41) is 0. The average molecular weight is 306 g/mol. The van der Waals surface area contributed by atoms with Gasteiger partial charge in [0.15, 0.2) is 5.82 Å². The van der Waals surface area contributed by atoms with Crippen LogP contribution in [-0.4, -0.2) is 9.97 Å². The van der Waals surface area contributed by atoms with Crippen LogP contribution in [0.1, 0.15) is 23.7 Å². The number of anilines is 1. The molecule has 0 saturated carbocycles. The predicted molar refractivity (Wildman–Crippen MR) is 78.4 cm³/mol. The molecule has 1 aromatic heterocycles. The maximum Gasteiger partial charge on any atom is 0.162 e. The summed E-state index contributed by atoms with van der Waals surface area (Å²) in [4.78, 5) is 8.95. The quantitative estimate of drug-likeness (QED) is 0.921. The van der Waals surface area contributed by atoms with E-state index in [-0.39, 0.29) is 0 Å². The first kappa shape index (κ1) is 13.0. The Hall–Kier alpha value is -1.42. The van der Waals surface area contributed by atoms with Gasteiger partial charge in [-0.25, -0.2) is 9.97 Å². The van der Waals surface area contributed by atoms with Crippen LogP contribution in [-0.2, 0) is 6.42 Å². The van der Waals surface area contributed by atoms with E-state index < -0.39 is 0 Å². The van der Waals surface area contributed by atoms with Gasteiger partial charge < -0.3 is 5.73 Å². The third kappa shape index (κ3) is 2.38. The van der Waals surface area contributed by atoms with Gasteiger partial charge in [-0.2, -0.15) is 0 Å². The van der Waals surface area contributed by atoms with E-state index in [4.69, 9.17) is 5.73 Å². The minimum Gasteiger partial charge on any atom is -0.383 e. The van der Waals surface area contributed by atoms with Crippen molar-refractivity contribution in [2.75, 3.05) is 5.73 Å². The number of hydrogen-bond acceptors (Lipinski definition) is 3. The third-order valence-corrected chi connectivity index (χ3v) is 3.62. The molecule has 1 heterocycles. The fourth-order valence-electron chi connectivity index (χ4n) is 1.98. The van der Waals surface area contributed by atoms with Crippen molar-refractivity contribution in [1.82, 2.24) is 9.97 Å². The van der Waals surface area contributed by atoms with Gasteiger partial charge in [0.25, 0.3) is 0 Å². The van der Waals surface area contributed by atoms with Gasteiger partial charge in [-0.3, -0.25) is 0 Å². The van der Waals surface area contributed by atoms with Crippen molar-refractivity contribution in [3.8, 4) is 11.4 Å². The first-order chi connectivity index (χ1) is 8.52. The maximum absolute atomic E-state index is 5.98. The number of aryl methyl sites for hydroxylation is 2. The number of nitrogen functional groups attached to an aromatic ring is 1. The van der Waals surface area contributed by atoms with E-state index in [1.54, 1.807) is 0 Å². The average Bonchev–Trinajstić information content (AvgIpc) is 2.28. The molecule has 0 aliphatic carbocycles. The van der Waals surface area contributed by atoms with Crippen LogP contribution in [0.4, 0.5) is 5.82 Å². The van der Waals surface area contributed by atoms with E-state index in [0.717, 1.165) is 27.7 Å². The second kappa shape index (κ2) is 5.06. The first-order valence-electron chi connectivity index (χ1n) is 5.92. The van der Waals surface area contributed by atoms with Crippen LogP contribution in [0.2, 0.25) is 0 Å². The molecule has 0 fully saturated rings. The van der Waals surface area contributed by atoms with Gasteiger partial charge in [0.2, 0.25) is 0 Å². The highest BCUT2D eigenvalue weighted by Crippen LogP contribution is 2.28. The number of benzene rings is 1. The zero-order valence-corrected chi connectivity index (χ0v) is 12.4. The van der Waals surface area contributed by atoms with Gasteiger partial charge in [-0.15, -0.1) is 0 Å². The summed E-state index contributed by atoms with van der Waals surface area (Å²) < 4.78 is 0.991. The highest BCUT2D eigenvalue weighted by molar-refractivity contribution is 9.10. The Balaban J connectivity index is 2.58. The molecule has 1 aromatic carbocycles. The van der Waals surface area contributed by atoms with Crippen molar-refractivity contribution in [3.05, 3.63) is 39.5 Å². The zero-order valence-electron chi connectivity index (χ0n) is 10.8. The van der Waals surface area contributed by atoms with Crippen LogP contribution in [0.5, 0.6) is 0 Å². The molecule has 0 aliphatic rings. The molecule has 0 radical (unpaired) electrons. The van der Waals surface area contributed by atoms with E-state index in [1.807, 2.05) is 19.1 Å². The molecular weight excluding hydrogens is 290 g/mol. The first-order valence-corrected chi connectivity index (χ1v) is 6.71. The number of halogens is 1. The van der Waals surface area contributed by atoms with Gasteiger partial charge in [0, 0.05) is 21.3 Å². The molecule has 2 aromatic rings. The predicted octanol–water partition coefficient (Wildman–Crippen LogP) is 3.67. The third-order valence-electron chi connectivity index (χ3n) is 2.96. The number of hydrogen-bond donors (Lipinski definition) is 1. The minimum atomic E-state index is 0.576. The van der Waals surface area contributed by atoms with Crippen LogP contribution in [0.15, 0.2) is 22.7 Å². The lowest BCUT2D eigenvalue weighted by Gasteiger charge is -2.10. The smallest absolute Gasteiger partial charge is 0.162 e. The Morgan fingerprint density at radius 3 is 2.50 bits per heavy atom. The van der Waals surface area contributed by atoms with Crippen molar-refractivity contribution in [3.63, 3.8) is 0 Å². The van der Waals surface area contributed by atoms with Crippen LogP contribution in [0.25, 0.3) is 11.4 Å². The molecule has 2 rings (SSSR count). The molecule has 4 heteroatoms. The van der Waals surface area contributed by atoms with Crippen LogP contribution in [0.3, 0.4) is 0 Å². The Morgan fingerprint density at radius 1 is 1.22 bits per heavy atom. The minimum absolute atomic E-state index is 0.576. The van der Waals surface area contributed by atoms with Gasteiger partial charge in [-0.1, -0.05) is 28.9 Å². The second-order valence-corrected chi connectivity index (χ2v) is 5.19. The van der Waals surface area contributed by atoms with Crippen molar-refractivity contribution in [1.29, 1.82) is 0 Å². The fraction of sp³-hybridized carbons (Fsp3) is 0.286. The number of nitrogens with zero attached hydrogens (tertiary/aromatic N) is 2. The highest BCUT2D eigenvalue weighted by atomic mass is 79.9. The lowest BCUT2D eigenvalue weighted by molar-refractivity contribution is 1.01. The summed E-state index contributed by atoms with van der Waals surface area (Å²) in [6.45, 7) is 6.08. The maximum atomic E-state index is 5.98. The van der Waals surface area contributed by atoms with E-state index >= 15 is 0 Å². The number of nitrogens with two attached hydrogens (primary N) is 1. The van der Waals surface area contributed by atoms with Crippen molar-refractivity contribution >= 4 is 21.7 Å². The van der Waals surface area contributed by atoms with Crippen LogP contribution in [0, 0.1) is 13.8 Å². The molecule has 3 nitrogen and oxygen atoms in total. The van der Waals surface area contributed by atoms with E-state index in [9.17, 15) is 0 Å². The lowest BCUT2D eigenvalue weighted by Crippen LogP contribution is -2.04. The summed E-state index contributed by atoms with van der Waals surface area (Å²) in [6.07, 6.45) is 0.854. The van der Waals surface area contributed by atoms with Gasteiger partial charge in [0.05, 0.1) is 0 Å². The molecular formula is C14H16BrN3. The fourth-order valence-corrected chi connectivity index (χ4v) is 2.65. The largest absolute Gasteiger partial charge is 0.383 e. The summed E-state index contributed by atoms with van der Waals surface area (Å²) in [5.41, 5.74) is 10.1. The van der Waals surface area contributed by atoms with Crippen LogP contribution >= 0.6 is 15.9 Å². The summed E-state index contributed by atoms with van der Waals surface area (Å²) in [5.74, 6) is 1.25. The van der Waals surface area contributed by atoms with Crippen LogP contribution < -0.4 is 5.73 Å². The molecule has 94 valence electrons. The van der Waals surface area contributed by atoms with E-state index in [1.165, 1.54) is 5.56 Å². The van der Waals surface area contributed by atoms with Gasteiger partial charge >= 0.3 is 0 Å². The second-order valence-electron chi connectivity index (χ2n) is 4.33. The molecule has 0 saturated heterocycles. The van der Waals surface area contributed by atoms with E-state index in [2.05, 4.69) is 45.8 Å². The molecule has 0 bridgehead atoms. The van der Waals surface area contributed by atoms with Crippen molar-refractivity contribution < 1.29 is 0 Å². The Morgan fingerprint density at radius 2 is 1.94 bits per heavy atom. The highest BCUT2D eigenvalue weighted by Gasteiger charge is 2.11. The summed E-state index contributed by atoms with van der Waals surface area (Å²) in [6, 6.07) is 6.11. The zero-order chi connectivity index (χ0) is 13.3. The topological polar surface area (TPSA) is 51.8 Å². The van der Waals surface area contributed by atoms with E-state index in [0.29, 0.717) is 11.6 Å².